The highest BCUT2D eigenvalue weighted by molar-refractivity contribution is 7.09. The van der Waals surface area contributed by atoms with Gasteiger partial charge in [0.25, 0.3) is 0 Å². The van der Waals surface area contributed by atoms with Gasteiger partial charge in [-0.3, -0.25) is 0 Å². The van der Waals surface area contributed by atoms with Crippen LogP contribution in [0.3, 0.4) is 0 Å². The molecule has 144 valence electrons. The molecule has 2 atom stereocenters. The van der Waals surface area contributed by atoms with Crippen molar-refractivity contribution in [3.8, 4) is 0 Å². The molecular weight excluding hydrogens is 366 g/mol. The molecule has 0 spiro atoms. The fourth-order valence-electron chi connectivity index (χ4n) is 3.10. The Morgan fingerprint density at radius 3 is 2.78 bits per heavy atom. The van der Waals surface area contributed by atoms with Gasteiger partial charge in [0.2, 0.25) is 0 Å². The lowest BCUT2D eigenvalue weighted by Crippen LogP contribution is -3.10. The Labute approximate surface area is 162 Å². The topological polar surface area (TPSA) is 85.0 Å². The highest BCUT2D eigenvalue weighted by Gasteiger charge is 2.36. The van der Waals surface area contributed by atoms with Crippen LogP contribution in [0.4, 0.5) is 4.79 Å². The average molecular weight is 390 g/mol. The molecule has 0 fully saturated rings. The third-order valence-electron chi connectivity index (χ3n) is 4.41. The minimum atomic E-state index is -0.664. The van der Waals surface area contributed by atoms with Crippen LogP contribution in [0.1, 0.15) is 30.5 Å². The first-order chi connectivity index (χ1) is 13.1. The van der Waals surface area contributed by atoms with Crippen molar-refractivity contribution in [1.29, 1.82) is 0 Å². The van der Waals surface area contributed by atoms with E-state index < -0.39 is 12.0 Å². The lowest BCUT2D eigenvalue weighted by atomic mass is 10.00. The van der Waals surface area contributed by atoms with Gasteiger partial charge in [0.15, 0.2) is 0 Å². The molecule has 0 aromatic carbocycles. The van der Waals surface area contributed by atoms with Crippen LogP contribution in [0, 0.1) is 0 Å². The third-order valence-corrected chi connectivity index (χ3v) is 5.28. The minimum absolute atomic E-state index is 0.258. The maximum absolute atomic E-state index is 12.7. The molecule has 2 aromatic rings. The normalized spacial score (nSPS) is 18.0. The second-order valence-corrected chi connectivity index (χ2v) is 7.23. The van der Waals surface area contributed by atoms with E-state index in [4.69, 9.17) is 9.15 Å². The first-order valence-corrected chi connectivity index (χ1v) is 9.87. The molecule has 2 aromatic heterocycles. The molecule has 1 aliphatic rings. The van der Waals surface area contributed by atoms with Gasteiger partial charge in [-0.25, -0.2) is 9.59 Å². The zero-order valence-corrected chi connectivity index (χ0v) is 16.2. The summed E-state index contributed by atoms with van der Waals surface area (Å²) in [6.45, 7) is 6.28. The summed E-state index contributed by atoms with van der Waals surface area (Å²) < 4.78 is 10.7. The molecule has 0 bridgehead atoms. The highest BCUT2D eigenvalue weighted by atomic mass is 32.1. The number of thiophene rings is 1. The molecule has 0 saturated carbocycles. The number of urea groups is 1. The van der Waals surface area contributed by atoms with Crippen molar-refractivity contribution in [2.45, 2.75) is 26.4 Å². The second kappa shape index (κ2) is 8.88. The number of hydrogen-bond donors (Lipinski definition) is 3. The number of nitrogens with one attached hydrogen (secondary N) is 3. The van der Waals surface area contributed by atoms with E-state index >= 15 is 0 Å². The van der Waals surface area contributed by atoms with Gasteiger partial charge in [0.05, 0.1) is 35.6 Å². The van der Waals surface area contributed by atoms with Gasteiger partial charge in [-0.15, -0.1) is 11.3 Å². The van der Waals surface area contributed by atoms with Crippen LogP contribution < -0.4 is 15.5 Å². The van der Waals surface area contributed by atoms with Crippen molar-refractivity contribution in [1.82, 2.24) is 10.6 Å². The summed E-state index contributed by atoms with van der Waals surface area (Å²) in [5, 5.41) is 7.62. The maximum atomic E-state index is 12.7. The van der Waals surface area contributed by atoms with Crippen LogP contribution >= 0.6 is 11.3 Å². The molecule has 0 aliphatic carbocycles. The quantitative estimate of drug-likeness (QED) is 0.598. The Kier molecular flexibility index (Phi) is 6.31. The average Bonchev–Trinajstić information content (AvgIpc) is 3.34. The predicted octanol–water partition coefficient (Wildman–Crippen LogP) is 1.62. The smallest absolute Gasteiger partial charge is 0.338 e. The SMILES string of the molecule is CCOC(=O)C1=C(C[NH+](CC)Cc2cccs2)NC(=O)N[C@@H]1c1ccco1. The molecule has 3 N–H and O–H groups in total. The number of ether oxygens (including phenoxy) is 1. The molecular formula is C19H24N3O4S+. The molecule has 8 heteroatoms. The molecule has 0 saturated heterocycles. The van der Waals surface area contributed by atoms with Crippen LogP contribution in [0.25, 0.3) is 0 Å². The number of likely N-dealkylation sites (N-methyl/N-ethyl adjacent to an activating group) is 1. The first kappa shape index (κ1) is 19.2. The summed E-state index contributed by atoms with van der Waals surface area (Å²) in [7, 11) is 0. The van der Waals surface area contributed by atoms with Crippen LogP contribution in [-0.4, -0.2) is 31.7 Å². The van der Waals surface area contributed by atoms with Gasteiger partial charge in [0, 0.05) is 0 Å². The summed E-state index contributed by atoms with van der Waals surface area (Å²) in [6.07, 6.45) is 1.52. The Morgan fingerprint density at radius 1 is 1.30 bits per heavy atom. The van der Waals surface area contributed by atoms with E-state index in [1.165, 1.54) is 16.0 Å². The van der Waals surface area contributed by atoms with Gasteiger partial charge in [-0.1, -0.05) is 6.07 Å². The largest absolute Gasteiger partial charge is 0.467 e. The molecule has 3 heterocycles. The number of rotatable bonds is 8. The monoisotopic (exact) mass is 390 g/mol. The highest BCUT2D eigenvalue weighted by Crippen LogP contribution is 2.27. The predicted molar refractivity (Wildman–Crippen MR) is 101 cm³/mol. The first-order valence-electron chi connectivity index (χ1n) is 8.99. The van der Waals surface area contributed by atoms with Crippen molar-refractivity contribution >= 4 is 23.3 Å². The standard InChI is InChI=1S/C19H23N3O4S/c1-3-22(11-13-7-6-10-27-13)12-14-16(18(23)25-4-2)17(21-19(24)20-14)15-8-5-9-26-15/h5-10,17H,3-4,11-12H2,1-2H3,(H2,20,21,24)/p+1/t17-/m1/s1. The fraction of sp³-hybridized carbons (Fsp3) is 0.368. The van der Waals surface area contributed by atoms with Crippen molar-refractivity contribution in [3.05, 3.63) is 57.8 Å². The number of hydrogen-bond acceptors (Lipinski definition) is 5. The van der Waals surface area contributed by atoms with E-state index in [0.717, 1.165) is 13.1 Å². The zero-order chi connectivity index (χ0) is 19.2. The van der Waals surface area contributed by atoms with E-state index in [1.807, 2.05) is 11.4 Å². The van der Waals surface area contributed by atoms with E-state index in [9.17, 15) is 9.59 Å². The van der Waals surface area contributed by atoms with Crippen molar-refractivity contribution < 1.29 is 23.6 Å². The summed E-state index contributed by atoms with van der Waals surface area (Å²) in [6, 6.07) is 6.56. The molecule has 1 unspecified atom stereocenters. The van der Waals surface area contributed by atoms with Crippen LogP contribution in [0.2, 0.25) is 0 Å². The number of furan rings is 1. The van der Waals surface area contributed by atoms with Gasteiger partial charge in [-0.05, 0) is 37.4 Å². The van der Waals surface area contributed by atoms with Gasteiger partial charge in [-0.2, -0.15) is 0 Å². The number of carbonyl (C=O) groups excluding carboxylic acids is 2. The van der Waals surface area contributed by atoms with Crippen LogP contribution in [0.5, 0.6) is 0 Å². The lowest BCUT2D eigenvalue weighted by Gasteiger charge is -2.29. The van der Waals surface area contributed by atoms with Crippen molar-refractivity contribution in [3.63, 3.8) is 0 Å². The summed E-state index contributed by atoms with van der Waals surface area (Å²) in [4.78, 5) is 27.4. The van der Waals surface area contributed by atoms with Crippen LogP contribution in [-0.2, 0) is 16.1 Å². The van der Waals surface area contributed by atoms with E-state index in [0.29, 0.717) is 23.6 Å². The minimum Gasteiger partial charge on any atom is -0.467 e. The van der Waals surface area contributed by atoms with Crippen LogP contribution in [0.15, 0.2) is 51.6 Å². The molecule has 7 nitrogen and oxygen atoms in total. The number of esters is 1. The molecule has 1 aliphatic heterocycles. The molecule has 2 amide bonds. The zero-order valence-electron chi connectivity index (χ0n) is 15.4. The Balaban J connectivity index is 1.93. The van der Waals surface area contributed by atoms with E-state index in [-0.39, 0.29) is 12.6 Å². The Morgan fingerprint density at radius 2 is 2.15 bits per heavy atom. The second-order valence-electron chi connectivity index (χ2n) is 6.20. The Bertz CT molecular complexity index is 799. The van der Waals surface area contributed by atoms with Gasteiger partial charge < -0.3 is 24.7 Å². The number of quaternary nitrogens is 1. The summed E-state index contributed by atoms with van der Waals surface area (Å²) in [5.74, 6) is 0.0506. The van der Waals surface area contributed by atoms with E-state index in [2.05, 4.69) is 23.6 Å². The van der Waals surface area contributed by atoms with Gasteiger partial charge >= 0.3 is 12.0 Å². The van der Waals surface area contributed by atoms with Crippen molar-refractivity contribution in [2.24, 2.45) is 0 Å². The summed E-state index contributed by atoms with van der Waals surface area (Å²) >= 11 is 1.70. The number of amides is 2. The molecule has 27 heavy (non-hydrogen) atoms. The Hall–Kier alpha value is -2.58. The maximum Gasteiger partial charge on any atom is 0.338 e. The molecule has 0 radical (unpaired) electrons. The molecule has 3 rings (SSSR count). The lowest BCUT2D eigenvalue weighted by molar-refractivity contribution is -0.907. The van der Waals surface area contributed by atoms with Crippen molar-refractivity contribution in [2.75, 3.05) is 19.7 Å². The fourth-order valence-corrected chi connectivity index (χ4v) is 3.87. The number of carbonyl (C=O) groups is 2. The van der Waals surface area contributed by atoms with E-state index in [1.54, 1.807) is 30.4 Å². The van der Waals surface area contributed by atoms with Gasteiger partial charge in [0.1, 0.15) is 24.9 Å². The third kappa shape index (κ3) is 4.58. The summed E-state index contributed by atoms with van der Waals surface area (Å²) in [5.41, 5.74) is 0.968.